The highest BCUT2D eigenvalue weighted by molar-refractivity contribution is 6.31. The van der Waals surface area contributed by atoms with Crippen LogP contribution in [0.3, 0.4) is 0 Å². The molecule has 3 atom stereocenters. The van der Waals surface area contributed by atoms with Gasteiger partial charge in [-0.2, -0.15) is 8.78 Å². The molecule has 4 rings (SSSR count). The topological polar surface area (TPSA) is 158 Å². The van der Waals surface area contributed by atoms with E-state index in [0.717, 1.165) is 11.2 Å². The third-order valence-corrected chi connectivity index (χ3v) is 7.40. The predicted molar refractivity (Wildman–Crippen MR) is 165 cm³/mol. The van der Waals surface area contributed by atoms with Gasteiger partial charge in [0.25, 0.3) is 5.56 Å². The number of nitrogens with one attached hydrogen (secondary N) is 1. The number of alkyl halides is 3. The molecule has 2 bridgehead atoms. The number of halogens is 5. The highest BCUT2D eigenvalue weighted by Gasteiger charge is 2.29. The minimum atomic E-state index is -3.13. The summed E-state index contributed by atoms with van der Waals surface area (Å²) in [6.07, 6.45) is 1.81. The number of hydrogen-bond acceptors (Lipinski definition) is 8. The van der Waals surface area contributed by atoms with Crippen molar-refractivity contribution >= 4 is 40.5 Å². The molecule has 1 aliphatic heterocycles. The van der Waals surface area contributed by atoms with Crippen molar-refractivity contribution in [2.24, 2.45) is 28.2 Å². The summed E-state index contributed by atoms with van der Waals surface area (Å²) in [6.45, 7) is -1.76. The van der Waals surface area contributed by atoms with Gasteiger partial charge in [0.1, 0.15) is 11.3 Å². The molecular formula is C29H29Cl2F3N8O2. The maximum atomic E-state index is 15.3. The third kappa shape index (κ3) is 7.41. The van der Waals surface area contributed by atoms with Gasteiger partial charge in [0, 0.05) is 28.4 Å². The van der Waals surface area contributed by atoms with E-state index < -0.39 is 36.1 Å². The summed E-state index contributed by atoms with van der Waals surface area (Å²) in [5.41, 5.74) is 11.9. The summed E-state index contributed by atoms with van der Waals surface area (Å²) in [5, 5.41) is 3.83. The van der Waals surface area contributed by atoms with Crippen LogP contribution < -0.4 is 33.2 Å². The Balaban J connectivity index is 1.86. The van der Waals surface area contributed by atoms with Crippen LogP contribution in [-0.2, 0) is 4.79 Å². The van der Waals surface area contributed by atoms with Crippen LogP contribution in [-0.4, -0.2) is 33.9 Å². The van der Waals surface area contributed by atoms with Gasteiger partial charge in [-0.1, -0.05) is 48.3 Å². The molecular weight excluding hydrogens is 620 g/mol. The number of carbonyl (C=O) groups is 1. The van der Waals surface area contributed by atoms with Crippen LogP contribution in [0.15, 0.2) is 87.9 Å². The van der Waals surface area contributed by atoms with Crippen molar-refractivity contribution in [1.82, 2.24) is 14.9 Å². The minimum absolute atomic E-state index is 0.0723. The Labute approximate surface area is 260 Å². The van der Waals surface area contributed by atoms with Gasteiger partial charge in [0.2, 0.25) is 5.91 Å². The number of nitrogens with zero attached hydrogens (tertiary/aromatic N) is 4. The Hall–Kier alpha value is -4.33. The van der Waals surface area contributed by atoms with E-state index in [1.807, 2.05) is 0 Å². The van der Waals surface area contributed by atoms with Crippen molar-refractivity contribution in [3.05, 3.63) is 105 Å². The molecule has 0 saturated carbocycles. The molecule has 3 unspecified atom stereocenters. The number of aliphatic imine (C=N–C) groups is 1. The van der Waals surface area contributed by atoms with Gasteiger partial charge in [-0.05, 0) is 42.7 Å². The number of anilines is 1. The largest absolute Gasteiger partial charge is 0.403 e. The maximum Gasteiger partial charge on any atom is 0.332 e. The van der Waals surface area contributed by atoms with Crippen molar-refractivity contribution in [2.45, 2.75) is 38.5 Å². The van der Waals surface area contributed by atoms with E-state index in [1.54, 1.807) is 30.3 Å². The highest BCUT2D eigenvalue weighted by Crippen LogP contribution is 2.32. The number of carbonyl (C=O) groups excluding carboxylic acids is 1. The lowest BCUT2D eigenvalue weighted by molar-refractivity contribution is -0.125. The first-order valence-electron chi connectivity index (χ1n) is 13.3. The molecule has 1 amide bonds. The van der Waals surface area contributed by atoms with Gasteiger partial charge in [0.05, 0.1) is 47.3 Å². The minimum Gasteiger partial charge on any atom is -0.403 e. The fourth-order valence-electron chi connectivity index (χ4n) is 4.85. The molecule has 3 aromatic rings. The van der Waals surface area contributed by atoms with Gasteiger partial charge in [-0.3, -0.25) is 19.2 Å². The third-order valence-electron chi connectivity index (χ3n) is 7.07. The van der Waals surface area contributed by atoms with Crippen LogP contribution in [0.2, 0.25) is 5.02 Å². The Morgan fingerprint density at radius 1 is 1.20 bits per heavy atom. The molecule has 0 aliphatic carbocycles. The summed E-state index contributed by atoms with van der Waals surface area (Å²) in [7, 11) is 0. The Bertz CT molecular complexity index is 1690. The normalized spacial score (nSPS) is 21.6. The van der Waals surface area contributed by atoms with Crippen LogP contribution in [0.25, 0.3) is 11.3 Å². The molecule has 232 valence electrons. The zero-order valence-electron chi connectivity index (χ0n) is 23.3. The molecule has 7 N–H and O–H groups in total. The summed E-state index contributed by atoms with van der Waals surface area (Å²) in [6, 6.07) is 11.5. The number of rotatable bonds is 5. The molecule has 2 aromatic carbocycles. The fraction of sp³-hybridized carbons (Fsp3) is 0.241. The molecule has 2 heterocycles. The Morgan fingerprint density at radius 3 is 2.61 bits per heavy atom. The van der Waals surface area contributed by atoms with E-state index in [4.69, 9.17) is 40.5 Å². The van der Waals surface area contributed by atoms with Crippen molar-refractivity contribution < 1.29 is 18.0 Å². The number of hydrogen-bond donors (Lipinski definition) is 4. The molecule has 0 fully saturated rings. The average molecular weight is 650 g/mol. The number of hydrazine groups is 1. The number of allylic oxidation sites excluding steroid dienone is 1. The standard InChI is InChI=1S/C29H29Cl2F3N8O2/c1-15-20(32)6-8-23(16-3-2-4-17(9-16)27(40-29(33)34)22(12-35)39-28(15)44)41-14-38-21(11-26(41)43)19-10-18(30)5-7-24(19)42(37)13-25(31)36/h2-5,7,9-15,20,23,29H,6,8,35-37H2,1H3,(H,39,44)/b22-12?,25-13-,40-27?. The lowest BCUT2D eigenvalue weighted by Crippen LogP contribution is -2.37. The van der Waals surface area contributed by atoms with Crippen molar-refractivity contribution in [2.75, 3.05) is 5.01 Å². The lowest BCUT2D eigenvalue weighted by Gasteiger charge is -2.25. The average Bonchev–Trinajstić information content (AvgIpc) is 2.98. The van der Waals surface area contributed by atoms with Gasteiger partial charge in [-0.25, -0.2) is 20.2 Å². The second-order valence-electron chi connectivity index (χ2n) is 9.95. The fourth-order valence-corrected chi connectivity index (χ4v) is 5.12. The molecule has 15 heteroatoms. The van der Waals surface area contributed by atoms with Gasteiger partial charge in [0.15, 0.2) is 0 Å². The SMILES string of the molecule is CC1C(=O)NC(=CN)C(=NC(F)F)c2cccc(c2)C(n2cnc(-c3cc(Cl)ccc3N(N)/C=C(\N)Cl)cc2=O)CCC1F. The zero-order valence-corrected chi connectivity index (χ0v) is 24.8. The van der Waals surface area contributed by atoms with E-state index in [-0.39, 0.29) is 40.7 Å². The quantitative estimate of drug-likeness (QED) is 0.180. The van der Waals surface area contributed by atoms with Crippen molar-refractivity contribution in [1.29, 1.82) is 0 Å². The highest BCUT2D eigenvalue weighted by atomic mass is 35.5. The zero-order chi connectivity index (χ0) is 32.1. The van der Waals surface area contributed by atoms with E-state index in [0.29, 0.717) is 21.8 Å². The molecule has 0 radical (unpaired) electrons. The van der Waals surface area contributed by atoms with Gasteiger partial charge in [-0.15, -0.1) is 0 Å². The summed E-state index contributed by atoms with van der Waals surface area (Å²) >= 11 is 12.0. The van der Waals surface area contributed by atoms with Crippen LogP contribution in [0.4, 0.5) is 18.9 Å². The van der Waals surface area contributed by atoms with Crippen molar-refractivity contribution in [3.8, 4) is 11.3 Å². The number of nitrogens with two attached hydrogens (primary N) is 3. The first-order valence-corrected chi connectivity index (χ1v) is 14.0. The number of amides is 1. The Kier molecular flexibility index (Phi) is 10.3. The molecule has 10 nitrogen and oxygen atoms in total. The van der Waals surface area contributed by atoms with Crippen molar-refractivity contribution in [3.63, 3.8) is 0 Å². The number of fused-ring (bicyclic) bond motifs is 2. The van der Waals surface area contributed by atoms with Crippen LogP contribution in [0, 0.1) is 5.92 Å². The van der Waals surface area contributed by atoms with E-state index in [2.05, 4.69) is 15.3 Å². The summed E-state index contributed by atoms with van der Waals surface area (Å²) < 4.78 is 43.6. The smallest absolute Gasteiger partial charge is 0.332 e. The first-order chi connectivity index (χ1) is 20.9. The second-order valence-corrected chi connectivity index (χ2v) is 10.8. The predicted octanol–water partition coefficient (Wildman–Crippen LogP) is 4.53. The second kappa shape index (κ2) is 14.0. The Morgan fingerprint density at radius 2 is 1.95 bits per heavy atom. The lowest BCUT2D eigenvalue weighted by atomic mass is 9.92. The number of aromatic nitrogens is 2. The first kappa shape index (κ1) is 32.6. The number of benzene rings is 2. The molecule has 44 heavy (non-hydrogen) atoms. The molecule has 0 saturated heterocycles. The maximum absolute atomic E-state index is 15.3. The van der Waals surface area contributed by atoms with E-state index in [9.17, 15) is 18.4 Å². The van der Waals surface area contributed by atoms with E-state index >= 15 is 4.39 Å². The molecule has 1 aliphatic rings. The summed E-state index contributed by atoms with van der Waals surface area (Å²) in [5.74, 6) is 4.17. The van der Waals surface area contributed by atoms with Gasteiger partial charge < -0.3 is 16.8 Å². The van der Waals surface area contributed by atoms with Crippen LogP contribution in [0.1, 0.15) is 36.9 Å². The monoisotopic (exact) mass is 648 g/mol. The molecule has 1 aromatic heterocycles. The van der Waals surface area contributed by atoms with Gasteiger partial charge >= 0.3 is 6.55 Å². The van der Waals surface area contributed by atoms with E-state index in [1.165, 1.54) is 42.2 Å². The van der Waals surface area contributed by atoms with Crippen LogP contribution in [0.5, 0.6) is 0 Å². The summed E-state index contributed by atoms with van der Waals surface area (Å²) in [4.78, 5) is 34.3. The van der Waals surface area contributed by atoms with Crippen LogP contribution >= 0.6 is 23.2 Å². The molecule has 0 spiro atoms.